The molecular weight excluding hydrogens is 376 g/mol. The van der Waals surface area contributed by atoms with Gasteiger partial charge in [-0.15, -0.1) is 0 Å². The van der Waals surface area contributed by atoms with Crippen molar-refractivity contribution in [2.75, 3.05) is 25.0 Å². The summed E-state index contributed by atoms with van der Waals surface area (Å²) in [5.74, 6) is 0.531. The fraction of sp³-hybridized carbons (Fsp3) is 0.409. The van der Waals surface area contributed by atoms with Crippen LogP contribution in [0.3, 0.4) is 0 Å². The highest BCUT2D eigenvalue weighted by molar-refractivity contribution is 6.32. The van der Waals surface area contributed by atoms with Gasteiger partial charge in [0.25, 0.3) is 0 Å². The number of piperidine rings is 1. The first kappa shape index (κ1) is 20.6. The number of amides is 1. The van der Waals surface area contributed by atoms with Crippen molar-refractivity contribution in [2.45, 2.75) is 38.8 Å². The molecule has 0 saturated carbocycles. The summed E-state index contributed by atoms with van der Waals surface area (Å²) in [6.07, 6.45) is 1.61. The van der Waals surface area contributed by atoms with Crippen LogP contribution in [0.2, 0.25) is 5.02 Å². The Balaban J connectivity index is 1.58. The number of aliphatic hydroxyl groups is 1. The van der Waals surface area contributed by atoms with Gasteiger partial charge in [0.05, 0.1) is 5.02 Å². The van der Waals surface area contributed by atoms with E-state index in [9.17, 15) is 9.90 Å². The molecule has 2 aromatic rings. The van der Waals surface area contributed by atoms with Crippen molar-refractivity contribution in [3.05, 3.63) is 58.6 Å². The minimum absolute atomic E-state index is 0.0810. The third-order valence-corrected chi connectivity index (χ3v) is 5.21. The molecule has 0 aliphatic carbocycles. The number of carbonyl (C=O) groups excluding carboxylic acids is 1. The topological polar surface area (TPSA) is 61.8 Å². The lowest BCUT2D eigenvalue weighted by Crippen LogP contribution is -2.51. The van der Waals surface area contributed by atoms with Gasteiger partial charge in [-0.3, -0.25) is 9.69 Å². The summed E-state index contributed by atoms with van der Waals surface area (Å²) in [5, 5.41) is 14.4. The summed E-state index contributed by atoms with van der Waals surface area (Å²) in [5.41, 5.74) is 2.09. The number of carbonyl (C=O) groups is 1. The van der Waals surface area contributed by atoms with E-state index in [4.69, 9.17) is 16.3 Å². The van der Waals surface area contributed by atoms with E-state index in [1.807, 2.05) is 49.4 Å². The zero-order valence-electron chi connectivity index (χ0n) is 16.4. The number of halogens is 1. The van der Waals surface area contributed by atoms with Crippen LogP contribution >= 0.6 is 11.6 Å². The average molecular weight is 403 g/mol. The second-order valence-corrected chi connectivity index (χ2v) is 8.05. The molecule has 0 bridgehead atoms. The highest BCUT2D eigenvalue weighted by atomic mass is 35.5. The molecule has 0 radical (unpaired) electrons. The summed E-state index contributed by atoms with van der Waals surface area (Å²) < 4.78 is 5.86. The van der Waals surface area contributed by atoms with Crippen LogP contribution in [0.15, 0.2) is 42.5 Å². The maximum atomic E-state index is 11.1. The van der Waals surface area contributed by atoms with E-state index in [1.165, 1.54) is 6.92 Å². The lowest BCUT2D eigenvalue weighted by Gasteiger charge is -2.39. The molecule has 28 heavy (non-hydrogen) atoms. The number of β-amino-alcohol motifs (C(OH)–C–C–N with tert-alkyl or cyclic N) is 1. The van der Waals surface area contributed by atoms with Gasteiger partial charge >= 0.3 is 0 Å². The molecule has 1 heterocycles. The largest absolute Gasteiger partial charge is 0.489 e. The lowest BCUT2D eigenvalue weighted by molar-refractivity contribution is -0.114. The molecule has 1 amide bonds. The van der Waals surface area contributed by atoms with Gasteiger partial charge in [0.1, 0.15) is 18.0 Å². The van der Waals surface area contributed by atoms with E-state index < -0.39 is 5.60 Å². The number of aryl methyl sites for hydroxylation is 1. The fourth-order valence-electron chi connectivity index (χ4n) is 3.55. The monoisotopic (exact) mass is 402 g/mol. The second-order valence-electron chi connectivity index (χ2n) is 7.64. The van der Waals surface area contributed by atoms with Gasteiger partial charge in [0, 0.05) is 25.7 Å². The van der Waals surface area contributed by atoms with Crippen LogP contribution in [0.5, 0.6) is 5.75 Å². The quantitative estimate of drug-likeness (QED) is 0.766. The molecule has 1 atom stereocenters. The number of rotatable bonds is 6. The molecule has 0 aromatic heterocycles. The molecule has 1 fully saturated rings. The normalized spacial score (nSPS) is 20.0. The number of likely N-dealkylation sites (tertiary alicyclic amines) is 1. The summed E-state index contributed by atoms with van der Waals surface area (Å²) in [4.78, 5) is 13.4. The molecule has 3 rings (SSSR count). The average Bonchev–Trinajstić information content (AvgIpc) is 2.64. The van der Waals surface area contributed by atoms with Crippen LogP contribution < -0.4 is 10.1 Å². The van der Waals surface area contributed by atoms with Crippen LogP contribution in [0.4, 0.5) is 5.69 Å². The third-order valence-electron chi connectivity index (χ3n) is 4.90. The second kappa shape index (κ2) is 8.95. The first-order valence-corrected chi connectivity index (χ1v) is 9.91. The van der Waals surface area contributed by atoms with Crippen molar-refractivity contribution >= 4 is 23.2 Å². The first-order chi connectivity index (χ1) is 13.3. The van der Waals surface area contributed by atoms with E-state index in [-0.39, 0.29) is 12.5 Å². The summed E-state index contributed by atoms with van der Waals surface area (Å²) in [6, 6.07) is 13.4. The molecular formula is C22H27ClN2O3. The van der Waals surface area contributed by atoms with Gasteiger partial charge in [-0.05, 0) is 61.7 Å². The van der Waals surface area contributed by atoms with Gasteiger partial charge in [0.15, 0.2) is 0 Å². The molecule has 2 aromatic carbocycles. The molecule has 150 valence electrons. The predicted molar refractivity (Wildman–Crippen MR) is 112 cm³/mol. The minimum atomic E-state index is -0.901. The molecule has 2 N–H and O–H groups in total. The Labute approximate surface area is 171 Å². The van der Waals surface area contributed by atoms with Gasteiger partial charge in [-0.1, -0.05) is 29.8 Å². The summed E-state index contributed by atoms with van der Waals surface area (Å²) in [6.45, 7) is 5.92. The van der Waals surface area contributed by atoms with Crippen molar-refractivity contribution in [1.82, 2.24) is 4.90 Å². The van der Waals surface area contributed by atoms with Crippen LogP contribution in [0.1, 0.15) is 30.9 Å². The molecule has 0 spiro atoms. The number of hydrogen-bond donors (Lipinski definition) is 2. The summed E-state index contributed by atoms with van der Waals surface area (Å²) in [7, 11) is 0. The number of nitrogens with zero attached hydrogens (tertiary/aromatic N) is 1. The number of hydrogen-bond acceptors (Lipinski definition) is 4. The van der Waals surface area contributed by atoms with E-state index >= 15 is 0 Å². The van der Waals surface area contributed by atoms with Crippen molar-refractivity contribution in [3.63, 3.8) is 0 Å². The molecule has 1 aliphatic heterocycles. The number of nitrogens with one attached hydrogen (secondary N) is 1. The number of benzene rings is 2. The Hall–Kier alpha value is -2.08. The smallest absolute Gasteiger partial charge is 0.221 e. The van der Waals surface area contributed by atoms with Crippen LogP contribution in [0, 0.1) is 6.92 Å². The Morgan fingerprint density at radius 2 is 2.04 bits per heavy atom. The highest BCUT2D eigenvalue weighted by Crippen LogP contribution is 2.29. The molecule has 5 nitrogen and oxygen atoms in total. The van der Waals surface area contributed by atoms with Crippen LogP contribution in [-0.4, -0.2) is 41.2 Å². The highest BCUT2D eigenvalue weighted by Gasteiger charge is 2.34. The van der Waals surface area contributed by atoms with E-state index in [2.05, 4.69) is 10.2 Å². The standard InChI is InChI=1S/C22H27ClN2O3/c1-16-4-9-20(23)21(12-16)28-15-22(27)10-3-11-25(14-22)13-18-5-7-19(8-6-18)24-17(2)26/h4-9,12,27H,3,10-11,13-15H2,1-2H3,(H,24,26)/t22-/m1/s1. The van der Waals surface area contributed by atoms with Crippen molar-refractivity contribution in [2.24, 2.45) is 0 Å². The number of ether oxygens (including phenoxy) is 1. The van der Waals surface area contributed by atoms with E-state index in [0.29, 0.717) is 23.7 Å². The number of anilines is 1. The Morgan fingerprint density at radius 3 is 2.75 bits per heavy atom. The Kier molecular flexibility index (Phi) is 6.60. The van der Waals surface area contributed by atoms with Gasteiger partial charge in [-0.25, -0.2) is 0 Å². The molecule has 1 saturated heterocycles. The van der Waals surface area contributed by atoms with E-state index in [1.54, 1.807) is 0 Å². The maximum Gasteiger partial charge on any atom is 0.221 e. The first-order valence-electron chi connectivity index (χ1n) is 9.53. The predicted octanol–water partition coefficient (Wildman–Crippen LogP) is 4.01. The molecule has 6 heteroatoms. The third kappa shape index (κ3) is 5.71. The van der Waals surface area contributed by atoms with Crippen molar-refractivity contribution < 1.29 is 14.6 Å². The lowest BCUT2D eigenvalue weighted by atomic mass is 9.93. The maximum absolute atomic E-state index is 11.1. The van der Waals surface area contributed by atoms with Gasteiger partial charge in [0.2, 0.25) is 5.91 Å². The van der Waals surface area contributed by atoms with Gasteiger partial charge < -0.3 is 15.2 Å². The molecule has 1 aliphatic rings. The van der Waals surface area contributed by atoms with Gasteiger partial charge in [-0.2, -0.15) is 0 Å². The van der Waals surface area contributed by atoms with Crippen molar-refractivity contribution in [3.8, 4) is 5.75 Å². The van der Waals surface area contributed by atoms with Crippen LogP contribution in [0.25, 0.3) is 0 Å². The fourth-order valence-corrected chi connectivity index (χ4v) is 3.72. The summed E-state index contributed by atoms with van der Waals surface area (Å²) >= 11 is 6.20. The van der Waals surface area contributed by atoms with Crippen molar-refractivity contribution in [1.29, 1.82) is 0 Å². The van der Waals surface area contributed by atoms with E-state index in [0.717, 1.165) is 36.3 Å². The Morgan fingerprint density at radius 1 is 1.29 bits per heavy atom. The minimum Gasteiger partial charge on any atom is -0.489 e. The van der Waals surface area contributed by atoms with Crippen LogP contribution in [-0.2, 0) is 11.3 Å². The molecule has 0 unspecified atom stereocenters. The zero-order chi connectivity index (χ0) is 20.1. The zero-order valence-corrected chi connectivity index (χ0v) is 17.1. The Bertz CT molecular complexity index is 825. The SMILES string of the molecule is CC(=O)Nc1ccc(CN2CCC[C@](O)(COc3cc(C)ccc3Cl)C2)cc1.